The maximum absolute atomic E-state index is 14.8. The van der Waals surface area contributed by atoms with Crippen LogP contribution in [0.4, 0.5) is 4.39 Å². The van der Waals surface area contributed by atoms with Crippen LogP contribution in [0.3, 0.4) is 0 Å². The summed E-state index contributed by atoms with van der Waals surface area (Å²) < 4.78 is 16.5. The molecule has 2 aliphatic heterocycles. The van der Waals surface area contributed by atoms with Crippen LogP contribution in [0, 0.1) is 18.7 Å². The summed E-state index contributed by atoms with van der Waals surface area (Å²) in [6.07, 6.45) is 3.95. The number of nitrogens with zero attached hydrogens (tertiary/aromatic N) is 4. The number of amides is 4. The first-order valence-corrected chi connectivity index (χ1v) is 14.9. The Hall–Kier alpha value is -3.80. The van der Waals surface area contributed by atoms with E-state index in [1.54, 1.807) is 29.7 Å². The lowest BCUT2D eigenvalue weighted by molar-refractivity contribution is -0.126. The Balaban J connectivity index is 1.47. The number of carbonyl (C=O) groups excluding carboxylic acids is 4. The van der Waals surface area contributed by atoms with Crippen LogP contribution in [0.15, 0.2) is 29.8 Å². The molecule has 2 aliphatic rings. The van der Waals surface area contributed by atoms with Crippen molar-refractivity contribution in [2.24, 2.45) is 5.92 Å². The third kappa shape index (κ3) is 5.97. The lowest BCUT2D eigenvalue weighted by Gasteiger charge is -2.32. The molecule has 218 valence electrons. The molecule has 3 aromatic rings. The first kappa shape index (κ1) is 28.7. The van der Waals surface area contributed by atoms with Gasteiger partial charge in [0.2, 0.25) is 11.8 Å². The molecule has 1 saturated heterocycles. The van der Waals surface area contributed by atoms with Crippen LogP contribution >= 0.6 is 11.3 Å². The molecule has 5 rings (SSSR count). The minimum absolute atomic E-state index is 0.0522. The number of rotatable bonds is 2. The second kappa shape index (κ2) is 12.0. The molecule has 4 amide bonds. The molecule has 2 bridgehead atoms. The normalized spacial score (nSPS) is 21.1. The number of aromatic nitrogens is 2. The van der Waals surface area contributed by atoms with Crippen molar-refractivity contribution in [3.8, 4) is 0 Å². The SMILES string of the molecule is Cc1nc2sccn2c1C(=O)N1CC(=O)NCCCc2ccc(F)c(c2)C(=O)N2CCC[C@H]2C(=O)N[C@H](C(C)C)C1. The first-order chi connectivity index (χ1) is 19.6. The highest BCUT2D eigenvalue weighted by molar-refractivity contribution is 7.15. The maximum atomic E-state index is 14.8. The van der Waals surface area contributed by atoms with Gasteiger partial charge in [0.15, 0.2) is 4.96 Å². The third-order valence-corrected chi connectivity index (χ3v) is 8.61. The number of carbonyl (C=O) groups is 4. The Morgan fingerprint density at radius 1 is 1.20 bits per heavy atom. The number of imidazole rings is 1. The van der Waals surface area contributed by atoms with Crippen LogP contribution in [-0.4, -0.2) is 81.1 Å². The zero-order chi connectivity index (χ0) is 29.3. The van der Waals surface area contributed by atoms with Crippen LogP contribution in [0.5, 0.6) is 0 Å². The topological polar surface area (TPSA) is 116 Å². The Labute approximate surface area is 241 Å². The van der Waals surface area contributed by atoms with E-state index < -0.39 is 23.8 Å². The van der Waals surface area contributed by atoms with Gasteiger partial charge in [0.25, 0.3) is 11.8 Å². The van der Waals surface area contributed by atoms with Crippen molar-refractivity contribution in [2.75, 3.05) is 26.2 Å². The summed E-state index contributed by atoms with van der Waals surface area (Å²) in [4.78, 5) is 62.1. The summed E-state index contributed by atoms with van der Waals surface area (Å²) >= 11 is 1.41. The van der Waals surface area contributed by atoms with E-state index in [4.69, 9.17) is 0 Å². The summed E-state index contributed by atoms with van der Waals surface area (Å²) in [5.41, 5.74) is 1.65. The standard InChI is InChI=1S/C29H35FN6O4S/c1-17(2)22-15-34(28(40)25-18(3)32-29-36(25)12-13-41-29)16-24(37)31-10-4-6-19-8-9-21(30)20(14-19)27(39)35-11-5-7-23(35)26(38)33-22/h8-9,12-14,17,22-23H,4-7,10-11,15-16H2,1-3H3,(H,31,37)(H,33,38)/t22-,23-/m0/s1. The van der Waals surface area contributed by atoms with Gasteiger partial charge in [-0.1, -0.05) is 19.9 Å². The van der Waals surface area contributed by atoms with E-state index in [1.807, 2.05) is 19.2 Å². The summed E-state index contributed by atoms with van der Waals surface area (Å²) in [5.74, 6) is -2.25. The largest absolute Gasteiger partial charge is 0.355 e. The van der Waals surface area contributed by atoms with Crippen LogP contribution in [0.1, 0.15) is 65.2 Å². The fourth-order valence-electron chi connectivity index (χ4n) is 5.54. The van der Waals surface area contributed by atoms with Gasteiger partial charge in [0.05, 0.1) is 17.8 Å². The molecule has 12 heteroatoms. The molecule has 0 spiro atoms. The van der Waals surface area contributed by atoms with E-state index in [0.29, 0.717) is 55.1 Å². The minimum Gasteiger partial charge on any atom is -0.355 e. The second-order valence-corrected chi connectivity index (χ2v) is 11.9. The van der Waals surface area contributed by atoms with Gasteiger partial charge in [-0.3, -0.25) is 23.6 Å². The molecule has 2 N–H and O–H groups in total. The number of aryl methyl sites for hydroxylation is 2. The smallest absolute Gasteiger partial charge is 0.273 e. The molecule has 10 nitrogen and oxygen atoms in total. The molecular weight excluding hydrogens is 547 g/mol. The number of nitrogens with one attached hydrogen (secondary N) is 2. The fourth-order valence-corrected chi connectivity index (χ4v) is 6.30. The van der Waals surface area contributed by atoms with E-state index in [0.717, 1.165) is 5.56 Å². The summed E-state index contributed by atoms with van der Waals surface area (Å²) in [6.45, 7) is 6.21. The molecule has 2 aromatic heterocycles. The molecule has 41 heavy (non-hydrogen) atoms. The van der Waals surface area contributed by atoms with E-state index in [-0.39, 0.29) is 42.3 Å². The zero-order valence-electron chi connectivity index (χ0n) is 23.5. The molecule has 1 fully saturated rings. The number of thiazole rings is 1. The molecule has 2 atom stereocenters. The van der Waals surface area contributed by atoms with Crippen LogP contribution in [-0.2, 0) is 16.0 Å². The number of benzene rings is 1. The average molecular weight is 583 g/mol. The number of fused-ring (bicyclic) bond motifs is 4. The minimum atomic E-state index is -0.752. The molecule has 0 unspecified atom stereocenters. The summed E-state index contributed by atoms with van der Waals surface area (Å²) in [7, 11) is 0. The highest BCUT2D eigenvalue weighted by Gasteiger charge is 2.37. The van der Waals surface area contributed by atoms with Gasteiger partial charge in [0, 0.05) is 37.3 Å². The molecule has 1 aromatic carbocycles. The van der Waals surface area contributed by atoms with Crippen molar-refractivity contribution in [1.82, 2.24) is 29.8 Å². The Morgan fingerprint density at radius 2 is 2.00 bits per heavy atom. The van der Waals surface area contributed by atoms with Gasteiger partial charge in [-0.15, -0.1) is 11.3 Å². The Kier molecular flexibility index (Phi) is 8.39. The maximum Gasteiger partial charge on any atom is 0.273 e. The highest BCUT2D eigenvalue weighted by Crippen LogP contribution is 2.24. The Bertz CT molecular complexity index is 1480. The van der Waals surface area contributed by atoms with E-state index in [9.17, 15) is 23.6 Å². The summed E-state index contributed by atoms with van der Waals surface area (Å²) in [5, 5.41) is 7.76. The molecule has 0 saturated carbocycles. The molecule has 0 aliphatic carbocycles. The number of hydrogen-bond acceptors (Lipinski definition) is 6. The van der Waals surface area contributed by atoms with Gasteiger partial charge in [0.1, 0.15) is 17.6 Å². The third-order valence-electron chi connectivity index (χ3n) is 7.85. The monoisotopic (exact) mass is 582 g/mol. The van der Waals surface area contributed by atoms with Gasteiger partial charge in [-0.25, -0.2) is 9.37 Å². The predicted octanol–water partition coefficient (Wildman–Crippen LogP) is 2.79. The average Bonchev–Trinajstić information content (AvgIpc) is 3.66. The Morgan fingerprint density at radius 3 is 2.78 bits per heavy atom. The van der Waals surface area contributed by atoms with Crippen LogP contribution in [0.2, 0.25) is 0 Å². The molecule has 0 radical (unpaired) electrons. The quantitative estimate of drug-likeness (QED) is 0.482. The molecule has 4 heterocycles. The van der Waals surface area contributed by atoms with Crippen molar-refractivity contribution >= 4 is 39.9 Å². The van der Waals surface area contributed by atoms with Crippen molar-refractivity contribution in [1.29, 1.82) is 0 Å². The van der Waals surface area contributed by atoms with Gasteiger partial charge in [-0.2, -0.15) is 0 Å². The van der Waals surface area contributed by atoms with Gasteiger partial charge in [-0.05, 0) is 56.2 Å². The van der Waals surface area contributed by atoms with Crippen LogP contribution < -0.4 is 10.6 Å². The van der Waals surface area contributed by atoms with Gasteiger partial charge < -0.3 is 20.4 Å². The summed E-state index contributed by atoms with van der Waals surface area (Å²) in [6, 6.07) is 3.20. The van der Waals surface area contributed by atoms with Crippen LogP contribution in [0.25, 0.3) is 4.96 Å². The lowest BCUT2D eigenvalue weighted by Crippen LogP contribution is -2.55. The van der Waals surface area contributed by atoms with E-state index in [2.05, 4.69) is 15.6 Å². The number of hydrogen-bond donors (Lipinski definition) is 2. The van der Waals surface area contributed by atoms with E-state index >= 15 is 0 Å². The molecular formula is C29H35FN6O4S. The van der Waals surface area contributed by atoms with E-state index in [1.165, 1.54) is 27.2 Å². The predicted molar refractivity (Wildman–Crippen MR) is 152 cm³/mol. The first-order valence-electron chi connectivity index (χ1n) is 14.0. The van der Waals surface area contributed by atoms with Crippen molar-refractivity contribution in [2.45, 2.75) is 58.5 Å². The highest BCUT2D eigenvalue weighted by atomic mass is 32.1. The van der Waals surface area contributed by atoms with Crippen molar-refractivity contribution in [3.63, 3.8) is 0 Å². The zero-order valence-corrected chi connectivity index (χ0v) is 24.3. The van der Waals surface area contributed by atoms with Crippen molar-refractivity contribution in [3.05, 3.63) is 58.1 Å². The van der Waals surface area contributed by atoms with Crippen molar-refractivity contribution < 1.29 is 23.6 Å². The second-order valence-electron chi connectivity index (χ2n) is 11.1. The number of halogens is 1. The van der Waals surface area contributed by atoms with Gasteiger partial charge >= 0.3 is 0 Å². The lowest BCUT2D eigenvalue weighted by atomic mass is 10.0. The fraction of sp³-hybridized carbons (Fsp3) is 0.483.